The molecule has 0 unspecified atom stereocenters. The molecule has 0 radical (unpaired) electrons. The van der Waals surface area contributed by atoms with Crippen molar-refractivity contribution in [3.63, 3.8) is 0 Å². The van der Waals surface area contributed by atoms with Gasteiger partial charge in [0.2, 0.25) is 10.0 Å². The van der Waals surface area contributed by atoms with E-state index in [0.29, 0.717) is 44.7 Å². The predicted octanol–water partition coefficient (Wildman–Crippen LogP) is 7.36. The number of fused-ring (bicyclic) bond motifs is 3. The monoisotopic (exact) mass is 668 g/mol. The summed E-state index contributed by atoms with van der Waals surface area (Å²) in [5, 5.41) is 11.1. The molecule has 1 amide bonds. The zero-order valence-electron chi connectivity index (χ0n) is 27.2. The second kappa shape index (κ2) is 15.0. The van der Waals surface area contributed by atoms with Crippen LogP contribution < -0.4 is 14.4 Å². The van der Waals surface area contributed by atoms with Crippen LogP contribution in [0.15, 0.2) is 61.2 Å². The van der Waals surface area contributed by atoms with Crippen molar-refractivity contribution < 1.29 is 23.1 Å². The molecule has 2 aromatic rings. The summed E-state index contributed by atoms with van der Waals surface area (Å²) in [7, 11) is -3.87. The Labute approximate surface area is 280 Å². The second-order valence-corrected chi connectivity index (χ2v) is 15.8. The van der Waals surface area contributed by atoms with Crippen LogP contribution >= 0.6 is 11.6 Å². The van der Waals surface area contributed by atoms with E-state index in [4.69, 9.17) is 16.3 Å². The van der Waals surface area contributed by atoms with Crippen molar-refractivity contribution in [3.05, 3.63) is 82.9 Å². The number of amides is 1. The molecule has 9 heteroatoms. The smallest absolute Gasteiger partial charge is 0.264 e. The number of ether oxygens (including phenoxy) is 1. The highest BCUT2D eigenvalue weighted by molar-refractivity contribution is 7.90. The molecule has 1 aliphatic heterocycles. The highest BCUT2D eigenvalue weighted by Crippen LogP contribution is 2.46. The van der Waals surface area contributed by atoms with Crippen LogP contribution in [0.2, 0.25) is 5.02 Å². The van der Waals surface area contributed by atoms with Gasteiger partial charge in [0, 0.05) is 29.1 Å². The fourth-order valence-corrected chi connectivity index (χ4v) is 9.13. The van der Waals surface area contributed by atoms with E-state index in [1.807, 2.05) is 19.1 Å². The molecule has 0 aromatic heterocycles. The number of rotatable bonds is 13. The molecule has 1 saturated carbocycles. The number of anilines is 1. The summed E-state index contributed by atoms with van der Waals surface area (Å²) in [6.07, 6.45) is 13.5. The first-order chi connectivity index (χ1) is 22.1. The molecule has 0 saturated heterocycles. The Morgan fingerprint density at radius 1 is 1.22 bits per heavy atom. The number of aliphatic hydroxyl groups is 1. The van der Waals surface area contributed by atoms with E-state index >= 15 is 0 Å². The van der Waals surface area contributed by atoms with Gasteiger partial charge in [0.05, 0.1) is 23.6 Å². The van der Waals surface area contributed by atoms with E-state index in [0.717, 1.165) is 55.7 Å². The summed E-state index contributed by atoms with van der Waals surface area (Å²) in [6.45, 7) is 9.52. The average molecular weight is 669 g/mol. The number of allylic oxidation sites excluding steroid dienone is 2. The van der Waals surface area contributed by atoms with E-state index in [2.05, 4.69) is 41.3 Å². The summed E-state index contributed by atoms with van der Waals surface area (Å²) in [5.41, 5.74) is 3.28. The largest absolute Gasteiger partial charge is 0.490 e. The van der Waals surface area contributed by atoms with Crippen molar-refractivity contribution >= 4 is 33.2 Å². The van der Waals surface area contributed by atoms with Crippen LogP contribution in [0.1, 0.15) is 93.1 Å². The number of nitrogens with one attached hydrogen (secondary N) is 1. The number of hydrogen-bond acceptors (Lipinski definition) is 6. The van der Waals surface area contributed by atoms with Crippen LogP contribution in [-0.2, 0) is 21.9 Å². The van der Waals surface area contributed by atoms with E-state index in [1.165, 1.54) is 11.1 Å². The molecule has 5 atom stereocenters. The molecule has 1 heterocycles. The van der Waals surface area contributed by atoms with Crippen molar-refractivity contribution in [3.8, 4) is 5.75 Å². The standard InChI is InChI=1S/C37H49ClN2O5S/c1-4-7-9-13-34(41)31-17-14-28(31)23-40-24-37(20-10-11-26-21-29(38)16-18-32(26)37)25-45-35-19-15-27(22-33(35)40)36(42)39-46(43,44)30(6-3)12-8-5-2/h5,9,13,15-16,18-19,21-22,28,30-31,34,41H,2,4,6-8,10-12,14,17,20,23-25H2,1,3H3,(H,39,42)/b13-9+/t28-,30+,31+,34-,37-/m0/s1. The van der Waals surface area contributed by atoms with Crippen molar-refractivity contribution in [1.29, 1.82) is 0 Å². The normalized spacial score (nSPS) is 23.9. The fraction of sp³-hybridized carbons (Fsp3) is 0.541. The van der Waals surface area contributed by atoms with Gasteiger partial charge >= 0.3 is 0 Å². The Morgan fingerprint density at radius 2 is 2.04 bits per heavy atom. The third kappa shape index (κ3) is 7.50. The number of benzene rings is 2. The number of nitrogens with zero attached hydrogens (tertiary/aromatic N) is 1. The molecule has 1 fully saturated rings. The number of halogens is 1. The van der Waals surface area contributed by atoms with Gasteiger partial charge in [-0.3, -0.25) is 4.79 Å². The fourth-order valence-electron chi connectivity index (χ4n) is 7.51. The molecule has 2 N–H and O–H groups in total. The number of carbonyl (C=O) groups is 1. The minimum Gasteiger partial charge on any atom is -0.490 e. The minimum atomic E-state index is -3.87. The Morgan fingerprint density at radius 3 is 2.76 bits per heavy atom. The summed E-state index contributed by atoms with van der Waals surface area (Å²) < 4.78 is 35.2. The highest BCUT2D eigenvalue weighted by atomic mass is 35.5. The first-order valence-corrected chi connectivity index (χ1v) is 18.9. The maximum Gasteiger partial charge on any atom is 0.264 e. The van der Waals surface area contributed by atoms with Gasteiger partial charge in [-0.15, -0.1) is 6.58 Å². The maximum atomic E-state index is 13.5. The molecule has 0 bridgehead atoms. The number of hydrogen-bond donors (Lipinski definition) is 2. The molecular formula is C37H49ClN2O5S. The minimum absolute atomic E-state index is 0.160. The third-order valence-electron chi connectivity index (χ3n) is 10.3. The molecule has 2 aromatic carbocycles. The van der Waals surface area contributed by atoms with E-state index < -0.39 is 27.3 Å². The Hall–Kier alpha value is -2.81. The predicted molar refractivity (Wildman–Crippen MR) is 186 cm³/mol. The number of sulfonamides is 1. The van der Waals surface area contributed by atoms with Gasteiger partial charge in [-0.05, 0) is 111 Å². The van der Waals surface area contributed by atoms with E-state index in [9.17, 15) is 18.3 Å². The molecule has 46 heavy (non-hydrogen) atoms. The van der Waals surface area contributed by atoms with E-state index in [-0.39, 0.29) is 22.8 Å². The van der Waals surface area contributed by atoms with E-state index in [1.54, 1.807) is 24.3 Å². The van der Waals surface area contributed by atoms with Gasteiger partial charge in [-0.25, -0.2) is 13.1 Å². The Bertz CT molecular complexity index is 1540. The van der Waals surface area contributed by atoms with Gasteiger partial charge in [0.15, 0.2) is 0 Å². The summed E-state index contributed by atoms with van der Waals surface area (Å²) in [6, 6.07) is 11.4. The van der Waals surface area contributed by atoms with Crippen LogP contribution in [0, 0.1) is 11.8 Å². The molecule has 1 spiro atoms. The summed E-state index contributed by atoms with van der Waals surface area (Å²) in [4.78, 5) is 15.8. The average Bonchev–Trinajstić information content (AvgIpc) is 3.16. The van der Waals surface area contributed by atoms with Crippen LogP contribution in [-0.4, -0.2) is 50.5 Å². The highest BCUT2D eigenvalue weighted by Gasteiger charge is 2.44. The van der Waals surface area contributed by atoms with Gasteiger partial charge in [-0.1, -0.05) is 56.2 Å². The third-order valence-corrected chi connectivity index (χ3v) is 12.4. The van der Waals surface area contributed by atoms with Crippen molar-refractivity contribution in [1.82, 2.24) is 4.72 Å². The van der Waals surface area contributed by atoms with Crippen molar-refractivity contribution in [2.75, 3.05) is 24.6 Å². The number of unbranched alkanes of at least 4 members (excludes halogenated alkanes) is 1. The van der Waals surface area contributed by atoms with Gasteiger partial charge < -0.3 is 14.7 Å². The first-order valence-electron chi connectivity index (χ1n) is 16.9. The number of aliphatic hydroxyl groups excluding tert-OH is 1. The summed E-state index contributed by atoms with van der Waals surface area (Å²) in [5.74, 6) is 0.460. The SMILES string of the molecule is C=CCC[C@@H](CC)S(=O)(=O)NC(=O)c1ccc2c(c1)N(C[C@@H]1CC[C@H]1[C@@H](O)/C=C/CCC)C[C@@]1(CCCc3cc(Cl)ccc31)CO2. The number of carbonyl (C=O) groups excluding carboxylic acids is 1. The van der Waals surface area contributed by atoms with Crippen LogP contribution in [0.3, 0.4) is 0 Å². The second-order valence-electron chi connectivity index (χ2n) is 13.4. The lowest BCUT2D eigenvalue weighted by atomic mass is 9.68. The topological polar surface area (TPSA) is 95.9 Å². The molecule has 5 rings (SSSR count). The van der Waals surface area contributed by atoms with Crippen LogP contribution in [0.4, 0.5) is 5.69 Å². The Balaban J connectivity index is 1.47. The summed E-state index contributed by atoms with van der Waals surface area (Å²) >= 11 is 6.41. The van der Waals surface area contributed by atoms with Crippen LogP contribution in [0.5, 0.6) is 5.75 Å². The lowest BCUT2D eigenvalue weighted by Crippen LogP contribution is -2.49. The Kier molecular flexibility index (Phi) is 11.2. The quantitative estimate of drug-likeness (QED) is 0.217. The first kappa shape index (κ1) is 34.5. The zero-order valence-corrected chi connectivity index (χ0v) is 28.8. The molecule has 2 aliphatic carbocycles. The maximum absolute atomic E-state index is 13.5. The lowest BCUT2D eigenvalue weighted by Gasteiger charge is -2.45. The van der Waals surface area contributed by atoms with Gasteiger partial charge in [0.1, 0.15) is 5.75 Å². The number of aryl methyl sites for hydroxylation is 1. The van der Waals surface area contributed by atoms with Gasteiger partial charge in [0.25, 0.3) is 5.91 Å². The molecular weight excluding hydrogens is 620 g/mol. The molecule has 3 aliphatic rings. The van der Waals surface area contributed by atoms with Gasteiger partial charge in [-0.2, -0.15) is 0 Å². The zero-order chi connectivity index (χ0) is 32.9. The van der Waals surface area contributed by atoms with Crippen molar-refractivity contribution in [2.24, 2.45) is 11.8 Å². The molecule has 7 nitrogen and oxygen atoms in total. The van der Waals surface area contributed by atoms with Crippen molar-refractivity contribution in [2.45, 2.75) is 94.8 Å². The van der Waals surface area contributed by atoms with Crippen LogP contribution in [0.25, 0.3) is 0 Å². The lowest BCUT2D eigenvalue weighted by molar-refractivity contribution is 0.0456. The molecule has 250 valence electrons.